The largest absolute Gasteiger partial charge is 0.508 e. The zero-order valence-corrected chi connectivity index (χ0v) is 9.98. The van der Waals surface area contributed by atoms with Gasteiger partial charge < -0.3 is 14.3 Å². The molecule has 0 fully saturated rings. The highest BCUT2D eigenvalue weighted by Crippen LogP contribution is 2.26. The molecule has 0 bridgehead atoms. The van der Waals surface area contributed by atoms with Gasteiger partial charge in [-0.2, -0.15) is 0 Å². The van der Waals surface area contributed by atoms with Crippen molar-refractivity contribution in [3.05, 3.63) is 61.0 Å². The number of aromatic nitrogens is 1. The molecule has 4 nitrogen and oxygen atoms in total. The smallest absolute Gasteiger partial charge is 0.225 e. The van der Waals surface area contributed by atoms with Gasteiger partial charge in [0, 0.05) is 5.56 Å². The van der Waals surface area contributed by atoms with Gasteiger partial charge in [0.25, 0.3) is 0 Å². The Labute approximate surface area is 109 Å². The molecule has 0 atom stereocenters. The second-order valence-corrected chi connectivity index (χ2v) is 3.96. The molecule has 0 aliphatic rings. The van der Waals surface area contributed by atoms with E-state index in [1.165, 1.54) is 6.26 Å². The Morgan fingerprint density at radius 2 is 1.53 bits per heavy atom. The number of phenolic OH excluding ortho intramolecular Hbond substituents is 1. The molecule has 0 unspecified atom stereocenters. The zero-order chi connectivity index (χ0) is 13.1. The summed E-state index contributed by atoms with van der Waals surface area (Å²) in [6.45, 7) is 0. The van der Waals surface area contributed by atoms with Crippen LogP contribution in [0.2, 0.25) is 0 Å². The average molecular weight is 253 g/mol. The Balaban J connectivity index is 1.77. The summed E-state index contributed by atoms with van der Waals surface area (Å²) >= 11 is 0. The molecule has 1 aromatic heterocycles. The van der Waals surface area contributed by atoms with Crippen LogP contribution in [0.4, 0.5) is 0 Å². The molecule has 0 amide bonds. The number of hydrogen-bond donors (Lipinski definition) is 1. The van der Waals surface area contributed by atoms with Gasteiger partial charge in [0.2, 0.25) is 5.89 Å². The molecule has 0 spiro atoms. The summed E-state index contributed by atoms with van der Waals surface area (Å²) in [5.41, 5.74) is 0.892. The highest BCUT2D eigenvalue weighted by Gasteiger charge is 2.03. The molecule has 2 aromatic carbocycles. The van der Waals surface area contributed by atoms with Gasteiger partial charge in [0.15, 0.2) is 0 Å². The number of ether oxygens (including phenoxy) is 1. The second kappa shape index (κ2) is 4.86. The average Bonchev–Trinajstić information content (AvgIpc) is 2.96. The number of benzene rings is 2. The van der Waals surface area contributed by atoms with Crippen LogP contribution in [-0.4, -0.2) is 10.1 Å². The van der Waals surface area contributed by atoms with Crippen molar-refractivity contribution in [2.75, 3.05) is 0 Å². The van der Waals surface area contributed by atoms with Crippen LogP contribution < -0.4 is 4.74 Å². The molecule has 3 aromatic rings. The summed E-state index contributed by atoms with van der Waals surface area (Å²) in [5.74, 6) is 2.17. The fourth-order valence-electron chi connectivity index (χ4n) is 1.68. The van der Waals surface area contributed by atoms with E-state index < -0.39 is 0 Å². The van der Waals surface area contributed by atoms with E-state index >= 15 is 0 Å². The molecule has 0 saturated carbocycles. The first kappa shape index (κ1) is 11.3. The van der Waals surface area contributed by atoms with E-state index in [0.717, 1.165) is 5.56 Å². The van der Waals surface area contributed by atoms with Crippen LogP contribution in [-0.2, 0) is 0 Å². The van der Waals surface area contributed by atoms with Gasteiger partial charge in [-0.1, -0.05) is 0 Å². The zero-order valence-electron chi connectivity index (χ0n) is 9.98. The Bertz CT molecular complexity index is 643. The normalized spacial score (nSPS) is 10.3. The third-order valence-corrected chi connectivity index (χ3v) is 2.61. The van der Waals surface area contributed by atoms with Crippen molar-refractivity contribution in [1.29, 1.82) is 0 Å². The maximum absolute atomic E-state index is 9.19. The highest BCUT2D eigenvalue weighted by atomic mass is 16.5. The summed E-state index contributed by atoms with van der Waals surface area (Å²) in [5, 5.41) is 9.19. The first-order valence-corrected chi connectivity index (χ1v) is 5.78. The molecule has 0 saturated heterocycles. The van der Waals surface area contributed by atoms with Crippen LogP contribution in [0.5, 0.6) is 17.2 Å². The summed E-state index contributed by atoms with van der Waals surface area (Å²) < 4.78 is 10.9. The van der Waals surface area contributed by atoms with Crippen molar-refractivity contribution >= 4 is 0 Å². The van der Waals surface area contributed by atoms with Crippen molar-refractivity contribution in [2.45, 2.75) is 0 Å². The molecule has 3 rings (SSSR count). The number of rotatable bonds is 3. The number of oxazole rings is 1. The molecular weight excluding hydrogens is 242 g/mol. The Kier molecular flexibility index (Phi) is 2.90. The lowest BCUT2D eigenvalue weighted by molar-refractivity contribution is 0.464. The first-order chi connectivity index (χ1) is 9.31. The lowest BCUT2D eigenvalue weighted by atomic mass is 10.2. The fraction of sp³-hybridized carbons (Fsp3) is 0. The van der Waals surface area contributed by atoms with E-state index in [-0.39, 0.29) is 5.75 Å². The molecule has 0 aliphatic heterocycles. The topological polar surface area (TPSA) is 55.5 Å². The van der Waals surface area contributed by atoms with Gasteiger partial charge in [0.1, 0.15) is 23.5 Å². The predicted octanol–water partition coefficient (Wildman–Crippen LogP) is 3.84. The molecule has 4 heteroatoms. The third-order valence-electron chi connectivity index (χ3n) is 2.61. The van der Waals surface area contributed by atoms with Gasteiger partial charge in [-0.3, -0.25) is 0 Å². The highest BCUT2D eigenvalue weighted by molar-refractivity contribution is 5.54. The van der Waals surface area contributed by atoms with Crippen LogP contribution >= 0.6 is 0 Å². The number of nitrogens with zero attached hydrogens (tertiary/aromatic N) is 1. The monoisotopic (exact) mass is 253 g/mol. The van der Waals surface area contributed by atoms with Crippen molar-refractivity contribution in [2.24, 2.45) is 0 Å². The van der Waals surface area contributed by atoms with E-state index in [1.54, 1.807) is 30.5 Å². The van der Waals surface area contributed by atoms with E-state index in [1.807, 2.05) is 24.3 Å². The standard InChI is InChI=1S/C15H11NO3/c17-12-3-7-14(8-4-12)19-13-5-1-11(2-6-13)15-16-9-10-18-15/h1-10,17H. The van der Waals surface area contributed by atoms with Gasteiger partial charge in [0.05, 0.1) is 6.20 Å². The van der Waals surface area contributed by atoms with Crippen molar-refractivity contribution in [3.8, 4) is 28.7 Å². The minimum atomic E-state index is 0.214. The van der Waals surface area contributed by atoms with Crippen LogP contribution in [0, 0.1) is 0 Å². The van der Waals surface area contributed by atoms with E-state index in [2.05, 4.69) is 4.98 Å². The summed E-state index contributed by atoms with van der Waals surface area (Å²) in [7, 11) is 0. The number of aromatic hydroxyl groups is 1. The molecular formula is C15H11NO3. The van der Waals surface area contributed by atoms with Crippen molar-refractivity contribution in [1.82, 2.24) is 4.98 Å². The Morgan fingerprint density at radius 3 is 2.11 bits per heavy atom. The lowest BCUT2D eigenvalue weighted by Gasteiger charge is -2.05. The van der Waals surface area contributed by atoms with E-state index in [9.17, 15) is 5.11 Å². The molecule has 19 heavy (non-hydrogen) atoms. The Morgan fingerprint density at radius 1 is 0.895 bits per heavy atom. The molecule has 0 aliphatic carbocycles. The molecule has 94 valence electrons. The van der Waals surface area contributed by atoms with Gasteiger partial charge in [-0.15, -0.1) is 0 Å². The maximum Gasteiger partial charge on any atom is 0.225 e. The van der Waals surface area contributed by atoms with E-state index in [4.69, 9.17) is 9.15 Å². The summed E-state index contributed by atoms with van der Waals surface area (Å²) in [6, 6.07) is 14.0. The minimum Gasteiger partial charge on any atom is -0.508 e. The van der Waals surface area contributed by atoms with Gasteiger partial charge in [-0.25, -0.2) is 4.98 Å². The molecule has 1 heterocycles. The second-order valence-electron chi connectivity index (χ2n) is 3.96. The first-order valence-electron chi connectivity index (χ1n) is 5.78. The van der Waals surface area contributed by atoms with Crippen molar-refractivity contribution in [3.63, 3.8) is 0 Å². The fourth-order valence-corrected chi connectivity index (χ4v) is 1.68. The quantitative estimate of drug-likeness (QED) is 0.770. The van der Waals surface area contributed by atoms with Crippen molar-refractivity contribution < 1.29 is 14.3 Å². The molecule has 0 radical (unpaired) electrons. The van der Waals surface area contributed by atoms with Crippen LogP contribution in [0.3, 0.4) is 0 Å². The molecule has 1 N–H and O–H groups in total. The minimum absolute atomic E-state index is 0.214. The van der Waals surface area contributed by atoms with Gasteiger partial charge >= 0.3 is 0 Å². The summed E-state index contributed by atoms with van der Waals surface area (Å²) in [4.78, 5) is 4.07. The van der Waals surface area contributed by atoms with Crippen LogP contribution in [0.1, 0.15) is 0 Å². The number of hydrogen-bond acceptors (Lipinski definition) is 4. The van der Waals surface area contributed by atoms with Crippen LogP contribution in [0.25, 0.3) is 11.5 Å². The maximum atomic E-state index is 9.19. The predicted molar refractivity (Wildman–Crippen MR) is 70.1 cm³/mol. The lowest BCUT2D eigenvalue weighted by Crippen LogP contribution is -1.84. The summed E-state index contributed by atoms with van der Waals surface area (Å²) in [6.07, 6.45) is 3.15. The van der Waals surface area contributed by atoms with Crippen LogP contribution in [0.15, 0.2) is 65.4 Å². The SMILES string of the molecule is Oc1ccc(Oc2ccc(-c3ncco3)cc2)cc1. The van der Waals surface area contributed by atoms with E-state index in [0.29, 0.717) is 17.4 Å². The van der Waals surface area contributed by atoms with Gasteiger partial charge in [-0.05, 0) is 48.5 Å². The Hall–Kier alpha value is -2.75. The third kappa shape index (κ3) is 2.57. The number of phenols is 1.